The highest BCUT2D eigenvalue weighted by molar-refractivity contribution is 5.98. The lowest BCUT2D eigenvalue weighted by atomic mass is 9.98. The van der Waals surface area contributed by atoms with Crippen molar-refractivity contribution in [3.05, 3.63) is 29.1 Å². The van der Waals surface area contributed by atoms with Gasteiger partial charge < -0.3 is 10.1 Å². The fourth-order valence-electron chi connectivity index (χ4n) is 1.75. The molecule has 0 aliphatic rings. The molecule has 0 amide bonds. The first-order valence-corrected chi connectivity index (χ1v) is 5.56. The lowest BCUT2D eigenvalue weighted by molar-refractivity contribution is 0.0992. The van der Waals surface area contributed by atoms with Gasteiger partial charge in [0.15, 0.2) is 5.78 Å². The maximum absolute atomic E-state index is 13.9. The van der Waals surface area contributed by atoms with Crippen LogP contribution in [0.25, 0.3) is 0 Å². The first kappa shape index (κ1) is 13.6. The molecule has 0 heterocycles. The monoisotopic (exact) mass is 239 g/mol. The van der Waals surface area contributed by atoms with Gasteiger partial charge in [-0.2, -0.15) is 0 Å². The van der Waals surface area contributed by atoms with Gasteiger partial charge in [0.25, 0.3) is 0 Å². The van der Waals surface area contributed by atoms with Gasteiger partial charge in [0.05, 0.1) is 13.7 Å². The number of hydrogen-bond donors (Lipinski definition) is 1. The van der Waals surface area contributed by atoms with Crippen LogP contribution in [-0.2, 0) is 0 Å². The number of Topliss-reactive ketones (excluding diaryl/α,β-unsaturated/α-hetero) is 1. The lowest BCUT2D eigenvalue weighted by Crippen LogP contribution is -2.19. The molecule has 0 radical (unpaired) electrons. The van der Waals surface area contributed by atoms with E-state index in [-0.39, 0.29) is 24.1 Å². The quantitative estimate of drug-likeness (QED) is 0.802. The number of ether oxygens (including phenoxy) is 1. The molecular formula is C13H18FNO2. The van der Waals surface area contributed by atoms with Crippen LogP contribution in [0.2, 0.25) is 0 Å². The molecular weight excluding hydrogens is 221 g/mol. The van der Waals surface area contributed by atoms with E-state index in [0.717, 1.165) is 0 Å². The molecule has 1 aromatic rings. The molecule has 0 aromatic heterocycles. The SMILES string of the molecule is CNCC(=O)c1cc(F)c(C(C)C)c(OC)c1. The summed E-state index contributed by atoms with van der Waals surface area (Å²) in [5.41, 5.74) is 0.839. The van der Waals surface area contributed by atoms with Gasteiger partial charge in [0, 0.05) is 11.1 Å². The molecule has 1 rings (SSSR count). The highest BCUT2D eigenvalue weighted by atomic mass is 19.1. The van der Waals surface area contributed by atoms with Gasteiger partial charge in [-0.3, -0.25) is 4.79 Å². The zero-order valence-electron chi connectivity index (χ0n) is 10.6. The number of benzene rings is 1. The van der Waals surface area contributed by atoms with Crippen LogP contribution in [0.15, 0.2) is 12.1 Å². The largest absolute Gasteiger partial charge is 0.496 e. The molecule has 0 saturated carbocycles. The first-order valence-electron chi connectivity index (χ1n) is 5.56. The Morgan fingerprint density at radius 2 is 2.12 bits per heavy atom. The predicted octanol–water partition coefficient (Wildman–Crippen LogP) is 2.36. The Morgan fingerprint density at radius 3 is 2.59 bits per heavy atom. The van der Waals surface area contributed by atoms with Gasteiger partial charge in [-0.25, -0.2) is 4.39 Å². The predicted molar refractivity (Wildman–Crippen MR) is 65.3 cm³/mol. The molecule has 17 heavy (non-hydrogen) atoms. The van der Waals surface area contributed by atoms with Crippen molar-refractivity contribution in [2.24, 2.45) is 0 Å². The molecule has 0 aliphatic carbocycles. The Kier molecular flexibility index (Phi) is 4.63. The lowest BCUT2D eigenvalue weighted by Gasteiger charge is -2.14. The topological polar surface area (TPSA) is 38.3 Å². The number of nitrogens with one attached hydrogen (secondary N) is 1. The van der Waals surface area contributed by atoms with Crippen molar-refractivity contribution in [2.45, 2.75) is 19.8 Å². The van der Waals surface area contributed by atoms with E-state index in [2.05, 4.69) is 5.32 Å². The van der Waals surface area contributed by atoms with E-state index >= 15 is 0 Å². The average Bonchev–Trinajstić information content (AvgIpc) is 2.27. The number of halogens is 1. The number of carbonyl (C=O) groups excluding carboxylic acids is 1. The molecule has 0 fully saturated rings. The van der Waals surface area contributed by atoms with E-state index in [1.54, 1.807) is 13.1 Å². The van der Waals surface area contributed by atoms with Crippen molar-refractivity contribution >= 4 is 5.78 Å². The minimum atomic E-state index is -0.390. The minimum absolute atomic E-state index is 0.0124. The van der Waals surface area contributed by atoms with Crippen LogP contribution >= 0.6 is 0 Å². The molecule has 0 saturated heterocycles. The summed E-state index contributed by atoms with van der Waals surface area (Å²) in [4.78, 5) is 11.7. The summed E-state index contributed by atoms with van der Waals surface area (Å²) in [7, 11) is 3.15. The Bertz CT molecular complexity index is 416. The van der Waals surface area contributed by atoms with Crippen LogP contribution in [0.5, 0.6) is 5.75 Å². The van der Waals surface area contributed by atoms with Crippen molar-refractivity contribution in [3.8, 4) is 5.75 Å². The second-order valence-electron chi connectivity index (χ2n) is 4.18. The zero-order valence-corrected chi connectivity index (χ0v) is 10.6. The molecule has 0 aliphatic heterocycles. The molecule has 0 atom stereocenters. The summed E-state index contributed by atoms with van der Waals surface area (Å²) in [5, 5.41) is 2.75. The Balaban J connectivity index is 3.22. The fourth-order valence-corrected chi connectivity index (χ4v) is 1.75. The second-order valence-corrected chi connectivity index (χ2v) is 4.18. The molecule has 3 nitrogen and oxygen atoms in total. The zero-order chi connectivity index (χ0) is 13.0. The molecule has 1 aromatic carbocycles. The van der Waals surface area contributed by atoms with Crippen LogP contribution < -0.4 is 10.1 Å². The average molecular weight is 239 g/mol. The van der Waals surface area contributed by atoms with E-state index in [9.17, 15) is 9.18 Å². The Morgan fingerprint density at radius 1 is 1.47 bits per heavy atom. The maximum Gasteiger partial charge on any atom is 0.176 e. The van der Waals surface area contributed by atoms with Gasteiger partial charge in [-0.05, 0) is 25.1 Å². The number of ketones is 1. The summed E-state index contributed by atoms with van der Waals surface area (Å²) in [6.07, 6.45) is 0. The molecule has 0 bridgehead atoms. The molecule has 0 spiro atoms. The van der Waals surface area contributed by atoms with Gasteiger partial charge >= 0.3 is 0 Å². The van der Waals surface area contributed by atoms with Crippen LogP contribution in [0.1, 0.15) is 35.7 Å². The van der Waals surface area contributed by atoms with E-state index in [4.69, 9.17) is 4.74 Å². The van der Waals surface area contributed by atoms with E-state index < -0.39 is 0 Å². The number of rotatable bonds is 5. The third kappa shape index (κ3) is 3.03. The molecule has 1 N–H and O–H groups in total. The molecule has 94 valence electrons. The van der Waals surface area contributed by atoms with Crippen molar-refractivity contribution in [1.29, 1.82) is 0 Å². The molecule has 4 heteroatoms. The summed E-state index contributed by atoms with van der Waals surface area (Å²) in [5.74, 6) is -0.100. The van der Waals surface area contributed by atoms with Crippen LogP contribution in [0.4, 0.5) is 4.39 Å². The summed E-state index contributed by atoms with van der Waals surface area (Å²) in [6.45, 7) is 3.95. The summed E-state index contributed by atoms with van der Waals surface area (Å²) >= 11 is 0. The third-order valence-electron chi connectivity index (χ3n) is 2.55. The van der Waals surface area contributed by atoms with Crippen LogP contribution in [-0.4, -0.2) is 26.5 Å². The standard InChI is InChI=1S/C13H18FNO2/c1-8(2)13-10(14)5-9(6-12(13)17-4)11(16)7-15-3/h5-6,8,15H,7H2,1-4H3. The van der Waals surface area contributed by atoms with E-state index in [1.807, 2.05) is 13.8 Å². The molecule has 0 unspecified atom stereocenters. The van der Waals surface area contributed by atoms with Crippen LogP contribution in [0.3, 0.4) is 0 Å². The number of likely N-dealkylation sites (N-methyl/N-ethyl adjacent to an activating group) is 1. The van der Waals surface area contributed by atoms with Gasteiger partial charge in [0.2, 0.25) is 0 Å². The maximum atomic E-state index is 13.9. The smallest absolute Gasteiger partial charge is 0.176 e. The van der Waals surface area contributed by atoms with Gasteiger partial charge in [-0.15, -0.1) is 0 Å². The fraction of sp³-hybridized carbons (Fsp3) is 0.462. The van der Waals surface area contributed by atoms with Crippen LogP contribution in [0, 0.1) is 5.82 Å². The summed E-state index contributed by atoms with van der Waals surface area (Å²) < 4.78 is 19.0. The van der Waals surface area contributed by atoms with Crippen molar-refractivity contribution in [1.82, 2.24) is 5.32 Å². The summed E-state index contributed by atoms with van der Waals surface area (Å²) in [6, 6.07) is 2.87. The van der Waals surface area contributed by atoms with Gasteiger partial charge in [0.1, 0.15) is 11.6 Å². The normalized spacial score (nSPS) is 10.7. The van der Waals surface area contributed by atoms with E-state index in [0.29, 0.717) is 16.9 Å². The van der Waals surface area contributed by atoms with Crippen molar-refractivity contribution in [2.75, 3.05) is 20.7 Å². The van der Waals surface area contributed by atoms with E-state index in [1.165, 1.54) is 13.2 Å². The highest BCUT2D eigenvalue weighted by Gasteiger charge is 2.17. The second kappa shape index (κ2) is 5.77. The Hall–Kier alpha value is -1.42. The van der Waals surface area contributed by atoms with Crippen molar-refractivity contribution < 1.29 is 13.9 Å². The minimum Gasteiger partial charge on any atom is -0.496 e. The number of methoxy groups -OCH3 is 1. The van der Waals surface area contributed by atoms with Gasteiger partial charge in [-0.1, -0.05) is 13.8 Å². The first-order chi connectivity index (χ1) is 8.01. The highest BCUT2D eigenvalue weighted by Crippen LogP contribution is 2.30. The van der Waals surface area contributed by atoms with Crippen molar-refractivity contribution in [3.63, 3.8) is 0 Å². The Labute approximate surface area is 101 Å². The third-order valence-corrected chi connectivity index (χ3v) is 2.55. The number of hydrogen-bond acceptors (Lipinski definition) is 3. The number of carbonyl (C=O) groups is 1.